The summed E-state index contributed by atoms with van der Waals surface area (Å²) in [5.41, 5.74) is -0.214. The topological polar surface area (TPSA) is 61.7 Å². The highest BCUT2D eigenvalue weighted by Gasteiger charge is 2.37. The van der Waals surface area contributed by atoms with Crippen LogP contribution in [0.25, 0.3) is 0 Å². The van der Waals surface area contributed by atoms with Gasteiger partial charge in [0.15, 0.2) is 0 Å². The zero-order valence-electron chi connectivity index (χ0n) is 9.11. The fourth-order valence-corrected chi connectivity index (χ4v) is 2.61. The van der Waals surface area contributed by atoms with Gasteiger partial charge in [0.25, 0.3) is 0 Å². The van der Waals surface area contributed by atoms with Gasteiger partial charge in [0, 0.05) is 24.8 Å². The lowest BCUT2D eigenvalue weighted by Gasteiger charge is -2.39. The molecule has 0 aromatic heterocycles. The normalized spacial score (nSPS) is 35.6. The lowest BCUT2D eigenvalue weighted by molar-refractivity contribution is -0.00178. The summed E-state index contributed by atoms with van der Waals surface area (Å²) in [5.74, 6) is 0. The molecule has 0 spiro atoms. The van der Waals surface area contributed by atoms with Crippen molar-refractivity contribution < 1.29 is 14.9 Å². The first-order valence-corrected chi connectivity index (χ1v) is 5.90. The van der Waals surface area contributed by atoms with Crippen LogP contribution in [0.5, 0.6) is 0 Å². The van der Waals surface area contributed by atoms with Crippen LogP contribution in [0.2, 0.25) is 0 Å². The van der Waals surface area contributed by atoms with Gasteiger partial charge in [-0.25, -0.2) is 0 Å². The molecular formula is C11H21NO3. The molecule has 0 unspecified atom stereocenters. The van der Waals surface area contributed by atoms with E-state index in [4.69, 9.17) is 4.74 Å². The Hall–Kier alpha value is -0.160. The third-order valence-corrected chi connectivity index (χ3v) is 3.72. The van der Waals surface area contributed by atoms with E-state index in [1.165, 1.54) is 0 Å². The van der Waals surface area contributed by atoms with E-state index in [1.807, 2.05) is 0 Å². The quantitative estimate of drug-likeness (QED) is 0.621. The Balaban J connectivity index is 1.94. The highest BCUT2D eigenvalue weighted by Crippen LogP contribution is 2.26. The van der Waals surface area contributed by atoms with Gasteiger partial charge in [0.1, 0.15) is 0 Å². The van der Waals surface area contributed by atoms with Crippen molar-refractivity contribution >= 4 is 0 Å². The number of nitrogens with one attached hydrogen (secondary N) is 1. The number of hydrogen-bond donors (Lipinski definition) is 3. The summed E-state index contributed by atoms with van der Waals surface area (Å²) in [4.78, 5) is 0. The molecule has 2 atom stereocenters. The minimum absolute atomic E-state index is 0.138. The average Bonchev–Trinajstić information content (AvgIpc) is 2.66. The molecule has 4 heteroatoms. The fourth-order valence-electron chi connectivity index (χ4n) is 2.61. The van der Waals surface area contributed by atoms with Crippen LogP contribution in [0.3, 0.4) is 0 Å². The second-order valence-corrected chi connectivity index (χ2v) is 4.80. The van der Waals surface area contributed by atoms with Gasteiger partial charge in [-0.15, -0.1) is 0 Å². The van der Waals surface area contributed by atoms with Crippen molar-refractivity contribution in [1.82, 2.24) is 5.32 Å². The van der Waals surface area contributed by atoms with Crippen molar-refractivity contribution in [2.24, 2.45) is 0 Å². The summed E-state index contributed by atoms with van der Waals surface area (Å²) in [6.07, 6.45) is 4.42. The summed E-state index contributed by atoms with van der Waals surface area (Å²) < 4.78 is 5.30. The van der Waals surface area contributed by atoms with Crippen molar-refractivity contribution in [1.29, 1.82) is 0 Å². The van der Waals surface area contributed by atoms with Crippen molar-refractivity contribution in [2.75, 3.05) is 19.8 Å². The Bertz CT molecular complexity index is 204. The van der Waals surface area contributed by atoms with E-state index in [1.54, 1.807) is 0 Å². The number of ether oxygens (including phenoxy) is 1. The van der Waals surface area contributed by atoms with Crippen molar-refractivity contribution in [3.05, 3.63) is 0 Å². The lowest BCUT2D eigenvalue weighted by atomic mass is 9.89. The maximum atomic E-state index is 9.75. The second kappa shape index (κ2) is 4.78. The molecular weight excluding hydrogens is 194 g/mol. The number of aliphatic hydroxyl groups is 2. The molecule has 0 aromatic rings. The smallest absolute Gasteiger partial charge is 0.0693 e. The van der Waals surface area contributed by atoms with Crippen LogP contribution < -0.4 is 5.32 Å². The molecule has 15 heavy (non-hydrogen) atoms. The van der Waals surface area contributed by atoms with Crippen LogP contribution in [-0.4, -0.2) is 47.7 Å². The van der Waals surface area contributed by atoms with Gasteiger partial charge in [-0.05, 0) is 32.1 Å². The van der Waals surface area contributed by atoms with Crippen LogP contribution in [0.4, 0.5) is 0 Å². The van der Waals surface area contributed by atoms with Crippen LogP contribution in [-0.2, 0) is 4.74 Å². The molecule has 2 rings (SSSR count). The summed E-state index contributed by atoms with van der Waals surface area (Å²) in [6, 6.07) is 0.162. The van der Waals surface area contributed by atoms with Gasteiger partial charge >= 0.3 is 0 Å². The second-order valence-electron chi connectivity index (χ2n) is 4.80. The molecule has 1 saturated heterocycles. The van der Waals surface area contributed by atoms with Gasteiger partial charge in [-0.1, -0.05) is 0 Å². The first-order chi connectivity index (χ1) is 7.26. The SMILES string of the molecule is OCC1(N[C@@H]2CCC[C@H]2O)CCOCC1. The highest BCUT2D eigenvalue weighted by atomic mass is 16.5. The highest BCUT2D eigenvalue weighted by molar-refractivity contribution is 4.95. The minimum Gasteiger partial charge on any atom is -0.394 e. The van der Waals surface area contributed by atoms with Crippen LogP contribution in [0.15, 0.2) is 0 Å². The molecule has 2 aliphatic rings. The first kappa shape index (κ1) is 11.3. The molecule has 1 aliphatic heterocycles. The Kier molecular flexibility index (Phi) is 3.61. The monoisotopic (exact) mass is 215 g/mol. The third kappa shape index (κ3) is 2.50. The van der Waals surface area contributed by atoms with Gasteiger partial charge in [0.2, 0.25) is 0 Å². The number of hydrogen-bond acceptors (Lipinski definition) is 4. The molecule has 4 nitrogen and oxygen atoms in total. The molecule has 1 heterocycles. The Morgan fingerprint density at radius 2 is 2.00 bits per heavy atom. The Labute approximate surface area is 90.6 Å². The van der Waals surface area contributed by atoms with E-state index in [9.17, 15) is 10.2 Å². The molecule has 88 valence electrons. The fraction of sp³-hybridized carbons (Fsp3) is 1.00. The van der Waals surface area contributed by atoms with E-state index in [0.717, 1.165) is 32.1 Å². The van der Waals surface area contributed by atoms with E-state index in [2.05, 4.69) is 5.32 Å². The van der Waals surface area contributed by atoms with Crippen LogP contribution >= 0.6 is 0 Å². The molecule has 1 saturated carbocycles. The maximum Gasteiger partial charge on any atom is 0.0693 e. The molecule has 0 aromatic carbocycles. The predicted octanol–water partition coefficient (Wildman–Crippen LogP) is 0.0309. The predicted molar refractivity (Wildman–Crippen MR) is 56.7 cm³/mol. The molecule has 1 aliphatic carbocycles. The van der Waals surface area contributed by atoms with E-state index in [-0.39, 0.29) is 24.3 Å². The van der Waals surface area contributed by atoms with Gasteiger partial charge < -0.3 is 20.3 Å². The molecule has 0 bridgehead atoms. The van der Waals surface area contributed by atoms with Crippen LogP contribution in [0, 0.1) is 0 Å². The van der Waals surface area contributed by atoms with Gasteiger partial charge in [0.05, 0.1) is 12.7 Å². The minimum atomic E-state index is -0.240. The Morgan fingerprint density at radius 1 is 1.27 bits per heavy atom. The third-order valence-electron chi connectivity index (χ3n) is 3.72. The first-order valence-electron chi connectivity index (χ1n) is 5.90. The van der Waals surface area contributed by atoms with E-state index in [0.29, 0.717) is 13.2 Å². The maximum absolute atomic E-state index is 9.75. The van der Waals surface area contributed by atoms with Gasteiger partial charge in [-0.3, -0.25) is 0 Å². The van der Waals surface area contributed by atoms with Gasteiger partial charge in [-0.2, -0.15) is 0 Å². The molecule has 0 amide bonds. The molecule has 0 radical (unpaired) electrons. The number of rotatable bonds is 3. The molecule has 3 N–H and O–H groups in total. The van der Waals surface area contributed by atoms with E-state index < -0.39 is 0 Å². The zero-order chi connectivity index (χ0) is 10.7. The zero-order valence-corrected chi connectivity index (χ0v) is 9.11. The average molecular weight is 215 g/mol. The van der Waals surface area contributed by atoms with E-state index >= 15 is 0 Å². The van der Waals surface area contributed by atoms with Crippen LogP contribution in [0.1, 0.15) is 32.1 Å². The standard InChI is InChI=1S/C11H21NO3/c13-8-11(4-6-15-7-5-11)12-9-2-1-3-10(9)14/h9-10,12-14H,1-8H2/t9-,10-/m1/s1. The number of aliphatic hydroxyl groups excluding tert-OH is 2. The van der Waals surface area contributed by atoms with Crippen molar-refractivity contribution in [2.45, 2.75) is 49.8 Å². The van der Waals surface area contributed by atoms with Crippen molar-refractivity contribution in [3.63, 3.8) is 0 Å². The summed E-state index contributed by atoms with van der Waals surface area (Å²) in [5, 5.41) is 22.7. The molecule has 2 fully saturated rings. The summed E-state index contributed by atoms with van der Waals surface area (Å²) >= 11 is 0. The lowest BCUT2D eigenvalue weighted by Crippen LogP contribution is -2.57. The summed E-state index contributed by atoms with van der Waals surface area (Å²) in [7, 11) is 0. The largest absolute Gasteiger partial charge is 0.394 e. The Morgan fingerprint density at radius 3 is 2.53 bits per heavy atom. The summed E-state index contributed by atoms with van der Waals surface area (Å²) in [6.45, 7) is 1.55. The van der Waals surface area contributed by atoms with Crippen molar-refractivity contribution in [3.8, 4) is 0 Å².